The van der Waals surface area contributed by atoms with Crippen molar-refractivity contribution < 1.29 is 5.11 Å². The summed E-state index contributed by atoms with van der Waals surface area (Å²) in [4.78, 5) is 0. The van der Waals surface area contributed by atoms with Crippen LogP contribution in [-0.2, 0) is 0 Å². The second-order valence-corrected chi connectivity index (χ2v) is 4.14. The second-order valence-electron chi connectivity index (χ2n) is 3.92. The standard InChI is InChI=1S/C11H22ClNO/c1-4-11(5-2,9-14)8-13-7-10(3)6-12/h6,13-14H,4-5,7-9H2,1-3H3. The normalized spacial score (nSPS) is 13.4. The van der Waals surface area contributed by atoms with Crippen LogP contribution in [-0.4, -0.2) is 24.8 Å². The molecule has 0 aromatic carbocycles. The first-order valence-electron chi connectivity index (χ1n) is 5.21. The van der Waals surface area contributed by atoms with E-state index in [2.05, 4.69) is 19.2 Å². The molecule has 0 fully saturated rings. The Morgan fingerprint density at radius 2 is 2.00 bits per heavy atom. The van der Waals surface area contributed by atoms with Gasteiger partial charge in [0.05, 0.1) is 0 Å². The summed E-state index contributed by atoms with van der Waals surface area (Å²) >= 11 is 5.55. The van der Waals surface area contributed by atoms with E-state index in [0.717, 1.165) is 31.5 Å². The number of aliphatic hydroxyl groups is 1. The number of aliphatic hydroxyl groups excluding tert-OH is 1. The lowest BCUT2D eigenvalue weighted by Gasteiger charge is -2.29. The van der Waals surface area contributed by atoms with Gasteiger partial charge in [0, 0.05) is 30.6 Å². The highest BCUT2D eigenvalue weighted by Crippen LogP contribution is 2.24. The minimum atomic E-state index is 0.0343. The molecule has 0 aliphatic heterocycles. The van der Waals surface area contributed by atoms with Crippen LogP contribution in [0.25, 0.3) is 0 Å². The van der Waals surface area contributed by atoms with Crippen molar-refractivity contribution in [1.29, 1.82) is 0 Å². The van der Waals surface area contributed by atoms with Gasteiger partial charge < -0.3 is 10.4 Å². The van der Waals surface area contributed by atoms with Crippen molar-refractivity contribution in [3.63, 3.8) is 0 Å². The van der Waals surface area contributed by atoms with Crippen LogP contribution in [0.1, 0.15) is 33.6 Å². The summed E-state index contributed by atoms with van der Waals surface area (Å²) in [5.74, 6) is 0. The fourth-order valence-electron chi connectivity index (χ4n) is 1.34. The fraction of sp³-hybridized carbons (Fsp3) is 0.818. The lowest BCUT2D eigenvalue weighted by atomic mass is 9.83. The Hall–Kier alpha value is -0.0500. The molecule has 0 saturated heterocycles. The molecule has 0 rings (SSSR count). The first-order valence-corrected chi connectivity index (χ1v) is 5.65. The third-order valence-electron chi connectivity index (χ3n) is 2.93. The first kappa shape index (κ1) is 13.9. The highest BCUT2D eigenvalue weighted by Gasteiger charge is 2.24. The van der Waals surface area contributed by atoms with Crippen molar-refractivity contribution in [1.82, 2.24) is 5.32 Å². The van der Waals surface area contributed by atoms with Crippen LogP contribution in [0.4, 0.5) is 0 Å². The zero-order valence-corrected chi connectivity index (χ0v) is 10.2. The number of halogens is 1. The van der Waals surface area contributed by atoms with Gasteiger partial charge in [-0.15, -0.1) is 0 Å². The van der Waals surface area contributed by atoms with E-state index >= 15 is 0 Å². The van der Waals surface area contributed by atoms with Crippen molar-refractivity contribution in [2.75, 3.05) is 19.7 Å². The molecule has 14 heavy (non-hydrogen) atoms. The molecule has 2 nitrogen and oxygen atoms in total. The van der Waals surface area contributed by atoms with Gasteiger partial charge in [-0.05, 0) is 25.3 Å². The zero-order valence-electron chi connectivity index (χ0n) is 9.44. The van der Waals surface area contributed by atoms with Crippen LogP contribution in [0.3, 0.4) is 0 Å². The number of hydrogen-bond acceptors (Lipinski definition) is 2. The maximum absolute atomic E-state index is 9.32. The summed E-state index contributed by atoms with van der Waals surface area (Å²) in [6, 6.07) is 0. The maximum Gasteiger partial charge on any atom is 0.0499 e. The van der Waals surface area contributed by atoms with Crippen LogP contribution in [0.2, 0.25) is 0 Å². The van der Waals surface area contributed by atoms with Crippen molar-refractivity contribution >= 4 is 11.6 Å². The first-order chi connectivity index (χ1) is 6.64. The molecular weight excluding hydrogens is 198 g/mol. The minimum Gasteiger partial charge on any atom is -0.396 e. The largest absolute Gasteiger partial charge is 0.396 e. The van der Waals surface area contributed by atoms with Gasteiger partial charge in [0.2, 0.25) is 0 Å². The van der Waals surface area contributed by atoms with Crippen molar-refractivity contribution in [2.45, 2.75) is 33.6 Å². The number of rotatable bonds is 7. The number of nitrogens with one attached hydrogen (secondary N) is 1. The molecule has 3 heteroatoms. The Morgan fingerprint density at radius 1 is 1.43 bits per heavy atom. The van der Waals surface area contributed by atoms with Crippen molar-refractivity contribution in [3.8, 4) is 0 Å². The maximum atomic E-state index is 9.32. The van der Waals surface area contributed by atoms with Crippen LogP contribution in [0, 0.1) is 5.41 Å². The Labute approximate surface area is 92.3 Å². The second kappa shape index (κ2) is 7.27. The SMILES string of the molecule is CCC(CC)(CO)CNCC(C)=CCl. The topological polar surface area (TPSA) is 32.3 Å². The van der Waals surface area contributed by atoms with Gasteiger partial charge in [-0.2, -0.15) is 0 Å². The highest BCUT2D eigenvalue weighted by atomic mass is 35.5. The lowest BCUT2D eigenvalue weighted by molar-refractivity contribution is 0.114. The molecule has 0 radical (unpaired) electrons. The lowest BCUT2D eigenvalue weighted by Crippen LogP contribution is -2.37. The molecule has 84 valence electrons. The molecule has 0 unspecified atom stereocenters. The molecule has 0 aliphatic rings. The molecular formula is C11H22ClNO. The van der Waals surface area contributed by atoms with Gasteiger partial charge in [0.25, 0.3) is 0 Å². The van der Waals surface area contributed by atoms with Crippen molar-refractivity contribution in [2.24, 2.45) is 5.41 Å². The molecule has 0 bridgehead atoms. The van der Waals surface area contributed by atoms with Crippen LogP contribution in [0.15, 0.2) is 11.1 Å². The molecule has 0 aliphatic carbocycles. The average molecular weight is 220 g/mol. The summed E-state index contributed by atoms with van der Waals surface area (Å²) in [6.07, 6.45) is 1.99. The van der Waals surface area contributed by atoms with E-state index < -0.39 is 0 Å². The predicted molar refractivity (Wildman–Crippen MR) is 62.6 cm³/mol. The van der Waals surface area contributed by atoms with E-state index in [1.165, 1.54) is 0 Å². The molecule has 0 saturated carbocycles. The van der Waals surface area contributed by atoms with Gasteiger partial charge in [0.15, 0.2) is 0 Å². The van der Waals surface area contributed by atoms with Gasteiger partial charge in [-0.25, -0.2) is 0 Å². The fourth-order valence-corrected chi connectivity index (χ4v) is 1.42. The molecule has 2 N–H and O–H groups in total. The highest BCUT2D eigenvalue weighted by molar-refractivity contribution is 6.25. The smallest absolute Gasteiger partial charge is 0.0499 e. The molecule has 0 amide bonds. The molecule has 0 heterocycles. The summed E-state index contributed by atoms with van der Waals surface area (Å²) in [5.41, 5.74) is 2.74. The Kier molecular flexibility index (Phi) is 7.24. The van der Waals surface area contributed by atoms with E-state index in [9.17, 15) is 5.11 Å². The predicted octanol–water partition coefficient (Wildman–Crippen LogP) is 2.52. The van der Waals surface area contributed by atoms with Crippen LogP contribution >= 0.6 is 11.6 Å². The van der Waals surface area contributed by atoms with Crippen LogP contribution in [0.5, 0.6) is 0 Å². The Morgan fingerprint density at radius 3 is 2.36 bits per heavy atom. The van der Waals surface area contributed by atoms with E-state index in [-0.39, 0.29) is 12.0 Å². The molecule has 0 spiro atoms. The Bertz CT molecular complexity index is 168. The Balaban J connectivity index is 3.94. The van der Waals surface area contributed by atoms with E-state index in [4.69, 9.17) is 11.6 Å². The summed E-state index contributed by atoms with van der Waals surface area (Å²) < 4.78 is 0. The van der Waals surface area contributed by atoms with Gasteiger partial charge in [-0.1, -0.05) is 25.4 Å². The molecule has 0 atom stereocenters. The number of hydrogen-bond donors (Lipinski definition) is 2. The summed E-state index contributed by atoms with van der Waals surface area (Å²) in [6.45, 7) is 8.11. The van der Waals surface area contributed by atoms with Gasteiger partial charge in [0.1, 0.15) is 0 Å². The van der Waals surface area contributed by atoms with Gasteiger partial charge in [-0.3, -0.25) is 0 Å². The van der Waals surface area contributed by atoms with Crippen molar-refractivity contribution in [3.05, 3.63) is 11.1 Å². The van der Waals surface area contributed by atoms with Gasteiger partial charge >= 0.3 is 0 Å². The third kappa shape index (κ3) is 4.45. The third-order valence-corrected chi connectivity index (χ3v) is 3.30. The monoisotopic (exact) mass is 219 g/mol. The zero-order chi connectivity index (χ0) is 11.0. The van der Waals surface area contributed by atoms with E-state index in [1.54, 1.807) is 5.54 Å². The summed E-state index contributed by atoms with van der Waals surface area (Å²) in [5, 5.41) is 12.6. The minimum absolute atomic E-state index is 0.0343. The molecule has 0 aromatic rings. The van der Waals surface area contributed by atoms with E-state index in [0.29, 0.717) is 0 Å². The summed E-state index contributed by atoms with van der Waals surface area (Å²) in [7, 11) is 0. The quantitative estimate of drug-likeness (QED) is 0.690. The van der Waals surface area contributed by atoms with Crippen LogP contribution < -0.4 is 5.32 Å². The van der Waals surface area contributed by atoms with E-state index in [1.807, 2.05) is 6.92 Å². The average Bonchev–Trinajstić information content (AvgIpc) is 2.25. The molecule has 0 aromatic heterocycles.